The van der Waals surface area contributed by atoms with Crippen molar-refractivity contribution in [1.29, 1.82) is 0 Å². The van der Waals surface area contributed by atoms with Gasteiger partial charge in [-0.3, -0.25) is 4.79 Å². The van der Waals surface area contributed by atoms with Crippen LogP contribution in [-0.4, -0.2) is 23.9 Å². The molecule has 1 aliphatic rings. The molecule has 2 rings (SSSR count). The fourth-order valence-corrected chi connectivity index (χ4v) is 2.48. The molecule has 1 heterocycles. The molecule has 0 saturated carbocycles. The molecular formula is C15H22N2O. The third-order valence-electron chi connectivity index (χ3n) is 3.75. The summed E-state index contributed by atoms with van der Waals surface area (Å²) in [6.45, 7) is 3.95. The van der Waals surface area contributed by atoms with Crippen LogP contribution >= 0.6 is 0 Å². The second-order valence-corrected chi connectivity index (χ2v) is 5.25. The van der Waals surface area contributed by atoms with Crippen LogP contribution < -0.4 is 5.73 Å². The molecule has 0 aliphatic carbocycles. The zero-order chi connectivity index (χ0) is 13.0. The molecule has 2 atom stereocenters. The number of hydrogen-bond donors (Lipinski definition) is 1. The summed E-state index contributed by atoms with van der Waals surface area (Å²) in [6, 6.07) is 9.11. The highest BCUT2D eigenvalue weighted by Gasteiger charge is 2.24. The maximum Gasteiger partial charge on any atom is 0.244 e. The molecule has 1 aromatic carbocycles. The molecule has 1 saturated heterocycles. The monoisotopic (exact) mass is 246 g/mol. The zero-order valence-corrected chi connectivity index (χ0v) is 11.0. The summed E-state index contributed by atoms with van der Waals surface area (Å²) in [4.78, 5) is 14.3. The van der Waals surface area contributed by atoms with E-state index in [2.05, 4.69) is 6.92 Å². The van der Waals surface area contributed by atoms with Crippen LogP contribution in [0.1, 0.15) is 37.8 Å². The molecule has 1 fully saturated rings. The number of benzene rings is 1. The van der Waals surface area contributed by atoms with Crippen LogP contribution in [-0.2, 0) is 4.79 Å². The maximum atomic E-state index is 12.4. The lowest BCUT2D eigenvalue weighted by atomic mass is 10.0. The standard InChI is InChI=1S/C15H22N2O/c1-12-6-5-10-17(11-9-12)15(18)14(16)13-7-3-2-4-8-13/h2-4,7-8,12,14H,5-6,9-11,16H2,1H3/t12?,14-/m1/s1. The van der Waals surface area contributed by atoms with Crippen LogP contribution in [0.5, 0.6) is 0 Å². The minimum atomic E-state index is -0.514. The van der Waals surface area contributed by atoms with E-state index in [9.17, 15) is 4.79 Å². The Hall–Kier alpha value is -1.35. The van der Waals surface area contributed by atoms with Crippen LogP contribution in [0.15, 0.2) is 30.3 Å². The molecule has 3 heteroatoms. The number of amides is 1. The quantitative estimate of drug-likeness (QED) is 0.870. The molecule has 1 aromatic rings. The van der Waals surface area contributed by atoms with Crippen molar-refractivity contribution in [3.05, 3.63) is 35.9 Å². The lowest BCUT2D eigenvalue weighted by Gasteiger charge is -2.24. The lowest BCUT2D eigenvalue weighted by Crippen LogP contribution is -2.39. The number of likely N-dealkylation sites (tertiary alicyclic amines) is 1. The second kappa shape index (κ2) is 6.01. The third-order valence-corrected chi connectivity index (χ3v) is 3.75. The van der Waals surface area contributed by atoms with Crippen molar-refractivity contribution in [2.24, 2.45) is 11.7 Å². The Bertz CT molecular complexity index is 391. The van der Waals surface area contributed by atoms with Gasteiger partial charge in [0.05, 0.1) is 0 Å². The van der Waals surface area contributed by atoms with Crippen LogP contribution in [0.25, 0.3) is 0 Å². The minimum Gasteiger partial charge on any atom is -0.341 e. The first-order valence-electron chi connectivity index (χ1n) is 6.78. The van der Waals surface area contributed by atoms with Gasteiger partial charge < -0.3 is 10.6 Å². The van der Waals surface area contributed by atoms with Gasteiger partial charge in [0.1, 0.15) is 6.04 Å². The molecule has 98 valence electrons. The number of rotatable bonds is 2. The summed E-state index contributed by atoms with van der Waals surface area (Å²) in [6.07, 6.45) is 3.39. The van der Waals surface area contributed by atoms with E-state index in [1.54, 1.807) is 0 Å². The highest BCUT2D eigenvalue weighted by molar-refractivity contribution is 5.83. The van der Waals surface area contributed by atoms with Gasteiger partial charge >= 0.3 is 0 Å². The predicted molar refractivity (Wildman–Crippen MR) is 73.0 cm³/mol. The molecule has 1 unspecified atom stereocenters. The van der Waals surface area contributed by atoms with Crippen molar-refractivity contribution >= 4 is 5.91 Å². The van der Waals surface area contributed by atoms with Crippen molar-refractivity contribution < 1.29 is 4.79 Å². The van der Waals surface area contributed by atoms with E-state index in [0.29, 0.717) is 0 Å². The van der Waals surface area contributed by atoms with Gasteiger partial charge in [-0.1, -0.05) is 37.3 Å². The van der Waals surface area contributed by atoms with E-state index in [4.69, 9.17) is 5.73 Å². The highest BCUT2D eigenvalue weighted by atomic mass is 16.2. The van der Waals surface area contributed by atoms with Crippen molar-refractivity contribution in [3.8, 4) is 0 Å². The summed E-state index contributed by atoms with van der Waals surface area (Å²) in [5, 5.41) is 0. The predicted octanol–water partition coefficient (Wildman–Crippen LogP) is 2.33. The number of carbonyl (C=O) groups is 1. The van der Waals surface area contributed by atoms with Crippen LogP contribution in [0.3, 0.4) is 0 Å². The van der Waals surface area contributed by atoms with Gasteiger partial charge in [0.15, 0.2) is 0 Å². The fraction of sp³-hybridized carbons (Fsp3) is 0.533. The van der Waals surface area contributed by atoms with Gasteiger partial charge in [-0.05, 0) is 30.7 Å². The van der Waals surface area contributed by atoms with Gasteiger partial charge in [-0.2, -0.15) is 0 Å². The number of nitrogens with two attached hydrogens (primary N) is 1. The zero-order valence-electron chi connectivity index (χ0n) is 11.0. The van der Waals surface area contributed by atoms with E-state index < -0.39 is 6.04 Å². The van der Waals surface area contributed by atoms with Crippen molar-refractivity contribution in [2.45, 2.75) is 32.2 Å². The van der Waals surface area contributed by atoms with Gasteiger partial charge in [0.2, 0.25) is 5.91 Å². The van der Waals surface area contributed by atoms with Crippen molar-refractivity contribution in [1.82, 2.24) is 4.90 Å². The molecule has 0 radical (unpaired) electrons. The third kappa shape index (κ3) is 3.10. The summed E-state index contributed by atoms with van der Waals surface area (Å²) < 4.78 is 0. The van der Waals surface area contributed by atoms with Gasteiger partial charge in [-0.15, -0.1) is 0 Å². The first-order chi connectivity index (χ1) is 8.68. The minimum absolute atomic E-state index is 0.0651. The molecule has 1 amide bonds. The topological polar surface area (TPSA) is 46.3 Å². The van der Waals surface area contributed by atoms with Gasteiger partial charge in [-0.25, -0.2) is 0 Å². The molecular weight excluding hydrogens is 224 g/mol. The average molecular weight is 246 g/mol. The average Bonchev–Trinajstić information content (AvgIpc) is 2.63. The number of nitrogens with zero attached hydrogens (tertiary/aromatic N) is 1. The molecule has 0 bridgehead atoms. The normalized spacial score (nSPS) is 22.3. The number of carbonyl (C=O) groups excluding carboxylic acids is 1. The smallest absolute Gasteiger partial charge is 0.244 e. The Labute approximate surface area is 109 Å². The van der Waals surface area contributed by atoms with Crippen LogP contribution in [0.2, 0.25) is 0 Å². The first kappa shape index (κ1) is 13.1. The SMILES string of the molecule is CC1CCCN(C(=O)[C@H](N)c2ccccc2)CC1. The van der Waals surface area contributed by atoms with Crippen molar-refractivity contribution in [3.63, 3.8) is 0 Å². The summed E-state index contributed by atoms with van der Waals surface area (Å²) in [5.41, 5.74) is 6.97. The Morgan fingerprint density at radius 3 is 2.72 bits per heavy atom. The summed E-state index contributed by atoms with van der Waals surface area (Å²) in [5.74, 6) is 0.783. The Morgan fingerprint density at radius 1 is 1.28 bits per heavy atom. The molecule has 18 heavy (non-hydrogen) atoms. The first-order valence-corrected chi connectivity index (χ1v) is 6.78. The van der Waals surface area contributed by atoms with E-state index in [0.717, 1.165) is 37.4 Å². The Kier molecular flexibility index (Phi) is 4.37. The summed E-state index contributed by atoms with van der Waals surface area (Å²) in [7, 11) is 0. The van der Waals surface area contributed by atoms with Crippen LogP contribution in [0, 0.1) is 5.92 Å². The molecule has 0 spiro atoms. The van der Waals surface area contributed by atoms with Gasteiger partial charge in [0.25, 0.3) is 0 Å². The van der Waals surface area contributed by atoms with E-state index >= 15 is 0 Å². The molecule has 2 N–H and O–H groups in total. The second-order valence-electron chi connectivity index (χ2n) is 5.25. The Balaban J connectivity index is 2.02. The maximum absolute atomic E-state index is 12.4. The van der Waals surface area contributed by atoms with E-state index in [1.807, 2.05) is 35.2 Å². The highest BCUT2D eigenvalue weighted by Crippen LogP contribution is 2.19. The molecule has 1 aliphatic heterocycles. The molecule has 0 aromatic heterocycles. The fourth-order valence-electron chi connectivity index (χ4n) is 2.48. The number of hydrogen-bond acceptors (Lipinski definition) is 2. The van der Waals surface area contributed by atoms with Crippen molar-refractivity contribution in [2.75, 3.05) is 13.1 Å². The van der Waals surface area contributed by atoms with E-state index in [1.165, 1.54) is 6.42 Å². The largest absolute Gasteiger partial charge is 0.341 e. The van der Waals surface area contributed by atoms with Gasteiger partial charge in [0, 0.05) is 13.1 Å². The van der Waals surface area contributed by atoms with E-state index in [-0.39, 0.29) is 5.91 Å². The summed E-state index contributed by atoms with van der Waals surface area (Å²) >= 11 is 0. The lowest BCUT2D eigenvalue weighted by molar-refractivity contribution is -0.132. The Morgan fingerprint density at radius 2 is 2.00 bits per heavy atom. The van der Waals surface area contributed by atoms with Crippen LogP contribution in [0.4, 0.5) is 0 Å². The molecule has 3 nitrogen and oxygen atoms in total.